The Bertz CT molecular complexity index is 399. The number of halogens is 1. The number of hydrogen-bond donors (Lipinski definition) is 1. The Labute approximate surface area is 120 Å². The summed E-state index contributed by atoms with van der Waals surface area (Å²) in [4.78, 5) is 2.02. The summed E-state index contributed by atoms with van der Waals surface area (Å²) in [7, 11) is 3.29. The molecule has 20 heavy (non-hydrogen) atoms. The zero-order valence-electron chi connectivity index (χ0n) is 12.4. The summed E-state index contributed by atoms with van der Waals surface area (Å²) in [5, 5.41) is 9.81. The lowest BCUT2D eigenvalue weighted by molar-refractivity contribution is 0.188. The molecule has 0 fully saturated rings. The van der Waals surface area contributed by atoms with E-state index >= 15 is 0 Å². The van der Waals surface area contributed by atoms with E-state index in [1.165, 1.54) is 6.07 Å². The van der Waals surface area contributed by atoms with E-state index < -0.39 is 6.10 Å². The summed E-state index contributed by atoms with van der Waals surface area (Å²) in [6, 6.07) is 4.86. The van der Waals surface area contributed by atoms with E-state index in [0.717, 1.165) is 13.0 Å². The maximum atomic E-state index is 13.9. The summed E-state index contributed by atoms with van der Waals surface area (Å²) in [6.07, 6.45) is -0.0191. The minimum atomic E-state index is -0.848. The van der Waals surface area contributed by atoms with Gasteiger partial charge in [0.05, 0.1) is 12.7 Å². The molecule has 0 saturated heterocycles. The van der Waals surface area contributed by atoms with E-state index in [9.17, 15) is 9.50 Å². The standard InChI is InChI=1S/C15H24FNO3/c1-12(18)15-13(16)6-4-7-14(15)17(9-11-20-3)8-5-10-19-2/h4,6-7,12,18H,5,8-11H2,1-3H3/t12-/m1/s1. The van der Waals surface area contributed by atoms with Crippen LogP contribution in [-0.4, -0.2) is 45.6 Å². The number of nitrogens with zero attached hydrogens (tertiary/aromatic N) is 1. The Balaban J connectivity index is 2.96. The molecule has 0 amide bonds. The molecule has 1 rings (SSSR count). The highest BCUT2D eigenvalue weighted by molar-refractivity contribution is 5.55. The topological polar surface area (TPSA) is 41.9 Å². The fourth-order valence-electron chi connectivity index (χ4n) is 2.17. The molecule has 1 aromatic carbocycles. The molecular weight excluding hydrogens is 261 g/mol. The molecule has 0 aliphatic rings. The van der Waals surface area contributed by atoms with Crippen molar-refractivity contribution in [1.82, 2.24) is 0 Å². The summed E-state index contributed by atoms with van der Waals surface area (Å²) in [5.41, 5.74) is 1.05. The summed E-state index contributed by atoms with van der Waals surface area (Å²) in [6.45, 7) is 4.13. The highest BCUT2D eigenvalue weighted by atomic mass is 19.1. The van der Waals surface area contributed by atoms with E-state index in [0.29, 0.717) is 31.0 Å². The fraction of sp³-hybridized carbons (Fsp3) is 0.600. The van der Waals surface area contributed by atoms with Crippen molar-refractivity contribution in [2.75, 3.05) is 45.4 Å². The van der Waals surface area contributed by atoms with Gasteiger partial charge in [-0.15, -0.1) is 0 Å². The molecule has 0 aromatic heterocycles. The van der Waals surface area contributed by atoms with Crippen LogP contribution in [0.3, 0.4) is 0 Å². The third-order valence-corrected chi connectivity index (χ3v) is 3.13. The number of rotatable bonds is 9. The van der Waals surface area contributed by atoms with Gasteiger partial charge in [0.25, 0.3) is 0 Å². The summed E-state index contributed by atoms with van der Waals surface area (Å²) >= 11 is 0. The minimum Gasteiger partial charge on any atom is -0.389 e. The third kappa shape index (κ3) is 4.74. The second-order valence-corrected chi connectivity index (χ2v) is 4.67. The van der Waals surface area contributed by atoms with Gasteiger partial charge in [-0.25, -0.2) is 4.39 Å². The van der Waals surface area contributed by atoms with Crippen LogP contribution in [0.15, 0.2) is 18.2 Å². The zero-order chi connectivity index (χ0) is 15.0. The molecule has 0 saturated carbocycles. The van der Waals surface area contributed by atoms with Crippen molar-refractivity contribution in [3.05, 3.63) is 29.6 Å². The monoisotopic (exact) mass is 285 g/mol. The van der Waals surface area contributed by atoms with Crippen molar-refractivity contribution in [2.24, 2.45) is 0 Å². The lowest BCUT2D eigenvalue weighted by atomic mass is 10.1. The van der Waals surface area contributed by atoms with E-state index in [1.54, 1.807) is 27.2 Å². The van der Waals surface area contributed by atoms with Gasteiger partial charge in [-0.2, -0.15) is 0 Å². The predicted molar refractivity (Wildman–Crippen MR) is 77.6 cm³/mol. The first kappa shape index (κ1) is 16.9. The average Bonchev–Trinajstić information content (AvgIpc) is 2.42. The molecule has 0 bridgehead atoms. The van der Waals surface area contributed by atoms with Crippen LogP contribution in [0.5, 0.6) is 0 Å². The van der Waals surface area contributed by atoms with Crippen LogP contribution in [0.2, 0.25) is 0 Å². The van der Waals surface area contributed by atoms with Gasteiger partial charge >= 0.3 is 0 Å². The molecule has 1 atom stereocenters. The average molecular weight is 285 g/mol. The van der Waals surface area contributed by atoms with Gasteiger partial charge in [0, 0.05) is 45.2 Å². The highest BCUT2D eigenvalue weighted by Gasteiger charge is 2.18. The first-order chi connectivity index (χ1) is 9.61. The number of aliphatic hydroxyl groups is 1. The molecule has 0 radical (unpaired) electrons. The second kappa shape index (κ2) is 8.89. The van der Waals surface area contributed by atoms with Gasteiger partial charge < -0.3 is 19.5 Å². The smallest absolute Gasteiger partial charge is 0.131 e. The normalized spacial score (nSPS) is 12.4. The Morgan fingerprint density at radius 1 is 1.20 bits per heavy atom. The Morgan fingerprint density at radius 3 is 2.50 bits per heavy atom. The molecule has 0 heterocycles. The fourth-order valence-corrected chi connectivity index (χ4v) is 2.17. The highest BCUT2D eigenvalue weighted by Crippen LogP contribution is 2.29. The van der Waals surface area contributed by atoms with Gasteiger partial charge in [-0.1, -0.05) is 6.07 Å². The van der Waals surface area contributed by atoms with E-state index in [-0.39, 0.29) is 5.82 Å². The van der Waals surface area contributed by atoms with Gasteiger partial charge in [-0.05, 0) is 25.5 Å². The van der Waals surface area contributed by atoms with Crippen molar-refractivity contribution < 1.29 is 19.0 Å². The number of benzene rings is 1. The number of anilines is 1. The lowest BCUT2D eigenvalue weighted by Crippen LogP contribution is -2.30. The maximum Gasteiger partial charge on any atom is 0.131 e. The van der Waals surface area contributed by atoms with Crippen LogP contribution in [0.25, 0.3) is 0 Å². The van der Waals surface area contributed by atoms with Crippen molar-refractivity contribution in [3.8, 4) is 0 Å². The number of ether oxygens (including phenoxy) is 2. The Hall–Kier alpha value is -1.17. The quantitative estimate of drug-likeness (QED) is 0.707. The largest absolute Gasteiger partial charge is 0.389 e. The predicted octanol–water partition coefficient (Wildman–Crippen LogP) is 2.37. The molecule has 5 heteroatoms. The van der Waals surface area contributed by atoms with Crippen LogP contribution in [0.1, 0.15) is 25.0 Å². The Morgan fingerprint density at radius 2 is 1.90 bits per heavy atom. The van der Waals surface area contributed by atoms with Crippen molar-refractivity contribution >= 4 is 5.69 Å². The van der Waals surface area contributed by atoms with Gasteiger partial charge in [0.2, 0.25) is 0 Å². The molecule has 1 N–H and O–H groups in total. The molecular formula is C15H24FNO3. The third-order valence-electron chi connectivity index (χ3n) is 3.13. The first-order valence-electron chi connectivity index (χ1n) is 6.81. The van der Waals surface area contributed by atoms with Gasteiger partial charge in [-0.3, -0.25) is 0 Å². The van der Waals surface area contributed by atoms with Crippen LogP contribution in [0, 0.1) is 5.82 Å². The number of hydrogen-bond acceptors (Lipinski definition) is 4. The van der Waals surface area contributed by atoms with Crippen LogP contribution >= 0.6 is 0 Å². The summed E-state index contributed by atoms with van der Waals surface area (Å²) < 4.78 is 24.1. The zero-order valence-corrected chi connectivity index (χ0v) is 12.4. The SMILES string of the molecule is COCCCN(CCOC)c1cccc(F)c1[C@@H](C)O. The van der Waals surface area contributed by atoms with Crippen molar-refractivity contribution in [3.63, 3.8) is 0 Å². The maximum absolute atomic E-state index is 13.9. The van der Waals surface area contributed by atoms with Crippen LogP contribution < -0.4 is 4.90 Å². The first-order valence-corrected chi connectivity index (χ1v) is 6.81. The van der Waals surface area contributed by atoms with Crippen molar-refractivity contribution in [1.29, 1.82) is 0 Å². The van der Waals surface area contributed by atoms with E-state index in [4.69, 9.17) is 9.47 Å². The lowest BCUT2D eigenvalue weighted by Gasteiger charge is -2.28. The van der Waals surface area contributed by atoms with E-state index in [1.807, 2.05) is 11.0 Å². The molecule has 0 aliphatic carbocycles. The molecule has 0 aliphatic heterocycles. The number of aliphatic hydroxyl groups excluding tert-OH is 1. The van der Waals surface area contributed by atoms with Crippen molar-refractivity contribution in [2.45, 2.75) is 19.4 Å². The minimum absolute atomic E-state index is 0.334. The molecule has 1 aromatic rings. The van der Waals surface area contributed by atoms with Crippen LogP contribution in [0.4, 0.5) is 10.1 Å². The molecule has 0 spiro atoms. The van der Waals surface area contributed by atoms with Crippen LogP contribution in [-0.2, 0) is 9.47 Å². The number of methoxy groups -OCH3 is 2. The molecule has 0 unspecified atom stereocenters. The Kier molecular flexibility index (Phi) is 7.51. The molecule has 4 nitrogen and oxygen atoms in total. The van der Waals surface area contributed by atoms with Gasteiger partial charge in [0.1, 0.15) is 5.82 Å². The molecule has 114 valence electrons. The second-order valence-electron chi connectivity index (χ2n) is 4.67. The van der Waals surface area contributed by atoms with E-state index in [2.05, 4.69) is 0 Å². The van der Waals surface area contributed by atoms with Gasteiger partial charge in [0.15, 0.2) is 0 Å². The summed E-state index contributed by atoms with van der Waals surface area (Å²) in [5.74, 6) is -0.383.